The first-order valence-electron chi connectivity index (χ1n) is 5.84. The van der Waals surface area contributed by atoms with E-state index in [1.165, 1.54) is 4.90 Å². The average molecular weight is 246 g/mol. The Morgan fingerprint density at radius 1 is 1.35 bits per heavy atom. The highest BCUT2D eigenvalue weighted by molar-refractivity contribution is 5.82. The SMILES string of the molecule is CCC[C@H](NC(=O)N(CCO)C(C)C)C(=O)O. The van der Waals surface area contributed by atoms with Crippen molar-refractivity contribution in [3.05, 3.63) is 0 Å². The fourth-order valence-corrected chi connectivity index (χ4v) is 1.48. The molecule has 0 aliphatic carbocycles. The van der Waals surface area contributed by atoms with E-state index in [9.17, 15) is 9.59 Å². The summed E-state index contributed by atoms with van der Waals surface area (Å²) in [6.45, 7) is 5.53. The molecule has 0 unspecified atom stereocenters. The Labute approximate surface area is 102 Å². The lowest BCUT2D eigenvalue weighted by atomic mass is 10.2. The standard InChI is InChI=1S/C11H22N2O4/c1-4-5-9(10(15)16)12-11(17)13(6-7-14)8(2)3/h8-9,14H,4-7H2,1-3H3,(H,12,17)(H,15,16)/t9-/m0/s1. The molecule has 100 valence electrons. The van der Waals surface area contributed by atoms with E-state index in [0.717, 1.165) is 0 Å². The van der Waals surface area contributed by atoms with Crippen LogP contribution in [0.3, 0.4) is 0 Å². The molecule has 1 atom stereocenters. The summed E-state index contributed by atoms with van der Waals surface area (Å²) in [5.74, 6) is -1.03. The Morgan fingerprint density at radius 2 is 1.94 bits per heavy atom. The minimum atomic E-state index is -1.03. The van der Waals surface area contributed by atoms with Crippen LogP contribution in [0.2, 0.25) is 0 Å². The topological polar surface area (TPSA) is 89.9 Å². The third-order valence-electron chi connectivity index (χ3n) is 2.40. The number of aliphatic hydroxyl groups is 1. The Hall–Kier alpha value is -1.30. The van der Waals surface area contributed by atoms with Gasteiger partial charge in [-0.25, -0.2) is 9.59 Å². The van der Waals surface area contributed by atoms with Gasteiger partial charge in [0.1, 0.15) is 6.04 Å². The number of carboxylic acids is 1. The maximum atomic E-state index is 11.8. The molecule has 0 fully saturated rings. The molecule has 0 saturated heterocycles. The number of carboxylic acid groups (broad SMARTS) is 1. The molecule has 0 bridgehead atoms. The van der Waals surface area contributed by atoms with E-state index in [-0.39, 0.29) is 19.2 Å². The van der Waals surface area contributed by atoms with Gasteiger partial charge in [0.05, 0.1) is 6.61 Å². The molecule has 0 aromatic heterocycles. The number of hydrogen-bond acceptors (Lipinski definition) is 3. The van der Waals surface area contributed by atoms with Gasteiger partial charge in [-0.1, -0.05) is 13.3 Å². The van der Waals surface area contributed by atoms with Gasteiger partial charge in [-0.3, -0.25) is 0 Å². The minimum absolute atomic E-state index is 0.0850. The van der Waals surface area contributed by atoms with Crippen LogP contribution in [-0.2, 0) is 4.79 Å². The van der Waals surface area contributed by atoms with Gasteiger partial charge in [0, 0.05) is 12.6 Å². The molecular formula is C11H22N2O4. The monoisotopic (exact) mass is 246 g/mol. The van der Waals surface area contributed by atoms with Gasteiger partial charge in [0.2, 0.25) is 0 Å². The van der Waals surface area contributed by atoms with Crippen LogP contribution in [0.25, 0.3) is 0 Å². The second-order valence-corrected chi connectivity index (χ2v) is 4.14. The Bertz CT molecular complexity index is 256. The predicted molar refractivity (Wildman–Crippen MR) is 63.8 cm³/mol. The van der Waals surface area contributed by atoms with Crippen LogP contribution in [0, 0.1) is 0 Å². The van der Waals surface area contributed by atoms with Crippen LogP contribution < -0.4 is 5.32 Å². The summed E-state index contributed by atoms with van der Waals surface area (Å²) < 4.78 is 0. The van der Waals surface area contributed by atoms with E-state index in [1.54, 1.807) is 0 Å². The van der Waals surface area contributed by atoms with Crippen molar-refractivity contribution in [2.75, 3.05) is 13.2 Å². The maximum absolute atomic E-state index is 11.8. The van der Waals surface area contributed by atoms with E-state index in [0.29, 0.717) is 12.8 Å². The summed E-state index contributed by atoms with van der Waals surface area (Å²) in [7, 11) is 0. The van der Waals surface area contributed by atoms with E-state index in [1.807, 2.05) is 20.8 Å². The zero-order valence-corrected chi connectivity index (χ0v) is 10.6. The molecule has 0 rings (SSSR count). The molecule has 2 amide bonds. The van der Waals surface area contributed by atoms with Crippen LogP contribution in [0.1, 0.15) is 33.6 Å². The average Bonchev–Trinajstić information content (AvgIpc) is 2.24. The van der Waals surface area contributed by atoms with Gasteiger partial charge in [-0.05, 0) is 20.3 Å². The third-order valence-corrected chi connectivity index (χ3v) is 2.40. The number of rotatable bonds is 7. The fourth-order valence-electron chi connectivity index (χ4n) is 1.48. The molecule has 6 heteroatoms. The van der Waals surface area contributed by atoms with Gasteiger partial charge in [0.15, 0.2) is 0 Å². The molecule has 0 aromatic carbocycles. The Kier molecular flexibility index (Phi) is 7.29. The van der Waals surface area contributed by atoms with E-state index >= 15 is 0 Å². The quantitative estimate of drug-likeness (QED) is 0.615. The molecule has 17 heavy (non-hydrogen) atoms. The third kappa shape index (κ3) is 5.53. The number of nitrogens with zero attached hydrogens (tertiary/aromatic N) is 1. The number of urea groups is 1. The zero-order valence-electron chi connectivity index (χ0n) is 10.6. The molecule has 0 saturated carbocycles. The van der Waals surface area contributed by atoms with Crippen molar-refractivity contribution in [2.45, 2.75) is 45.7 Å². The molecule has 0 aromatic rings. The summed E-state index contributed by atoms with van der Waals surface area (Å²) in [5, 5.41) is 20.2. The smallest absolute Gasteiger partial charge is 0.326 e. The van der Waals surface area contributed by atoms with Gasteiger partial charge in [-0.15, -0.1) is 0 Å². The van der Waals surface area contributed by atoms with Gasteiger partial charge >= 0.3 is 12.0 Å². The molecule has 6 nitrogen and oxygen atoms in total. The first kappa shape index (κ1) is 15.7. The lowest BCUT2D eigenvalue weighted by Crippen LogP contribution is -2.50. The number of carbonyl (C=O) groups excluding carboxylic acids is 1. The van der Waals surface area contributed by atoms with Crippen molar-refractivity contribution in [1.29, 1.82) is 0 Å². The van der Waals surface area contributed by atoms with Crippen LogP contribution in [-0.4, -0.2) is 52.3 Å². The second kappa shape index (κ2) is 7.89. The molecule has 3 N–H and O–H groups in total. The summed E-state index contributed by atoms with van der Waals surface area (Å²) >= 11 is 0. The predicted octanol–water partition coefficient (Wildman–Crippen LogP) is 0.652. The summed E-state index contributed by atoms with van der Waals surface area (Å²) in [6, 6.07) is -1.40. The van der Waals surface area contributed by atoms with E-state index in [2.05, 4.69) is 5.32 Å². The van der Waals surface area contributed by atoms with Crippen molar-refractivity contribution in [2.24, 2.45) is 0 Å². The molecule has 0 heterocycles. The van der Waals surface area contributed by atoms with Crippen LogP contribution in [0.4, 0.5) is 4.79 Å². The van der Waals surface area contributed by atoms with Crippen molar-refractivity contribution in [3.8, 4) is 0 Å². The highest BCUT2D eigenvalue weighted by atomic mass is 16.4. The molecule has 0 aliphatic rings. The zero-order chi connectivity index (χ0) is 13.4. The maximum Gasteiger partial charge on any atom is 0.326 e. The van der Waals surface area contributed by atoms with E-state index < -0.39 is 18.0 Å². The Balaban J connectivity index is 4.50. The number of carbonyl (C=O) groups is 2. The van der Waals surface area contributed by atoms with Crippen molar-refractivity contribution in [3.63, 3.8) is 0 Å². The number of aliphatic carboxylic acids is 1. The minimum Gasteiger partial charge on any atom is -0.480 e. The summed E-state index contributed by atoms with van der Waals surface area (Å²) in [5.41, 5.74) is 0. The van der Waals surface area contributed by atoms with Crippen molar-refractivity contribution >= 4 is 12.0 Å². The lowest BCUT2D eigenvalue weighted by molar-refractivity contribution is -0.139. The lowest BCUT2D eigenvalue weighted by Gasteiger charge is -2.27. The van der Waals surface area contributed by atoms with E-state index in [4.69, 9.17) is 10.2 Å². The van der Waals surface area contributed by atoms with Crippen LogP contribution in [0.15, 0.2) is 0 Å². The first-order chi connectivity index (χ1) is 7.93. The van der Waals surface area contributed by atoms with Gasteiger partial charge < -0.3 is 20.4 Å². The first-order valence-corrected chi connectivity index (χ1v) is 5.84. The van der Waals surface area contributed by atoms with Crippen molar-refractivity contribution < 1.29 is 19.8 Å². The van der Waals surface area contributed by atoms with Crippen LogP contribution >= 0.6 is 0 Å². The number of aliphatic hydroxyl groups excluding tert-OH is 1. The summed E-state index contributed by atoms with van der Waals surface area (Å²) in [6.07, 6.45) is 1.07. The van der Waals surface area contributed by atoms with Gasteiger partial charge in [-0.2, -0.15) is 0 Å². The van der Waals surface area contributed by atoms with Crippen molar-refractivity contribution in [1.82, 2.24) is 10.2 Å². The summed E-state index contributed by atoms with van der Waals surface area (Å²) in [4.78, 5) is 24.1. The number of nitrogens with one attached hydrogen (secondary N) is 1. The fraction of sp³-hybridized carbons (Fsp3) is 0.818. The molecule has 0 spiro atoms. The number of amides is 2. The van der Waals surface area contributed by atoms with Crippen LogP contribution in [0.5, 0.6) is 0 Å². The largest absolute Gasteiger partial charge is 0.480 e. The Morgan fingerprint density at radius 3 is 2.29 bits per heavy atom. The second-order valence-electron chi connectivity index (χ2n) is 4.14. The number of hydrogen-bond donors (Lipinski definition) is 3. The normalized spacial score (nSPS) is 12.3. The molecular weight excluding hydrogens is 224 g/mol. The van der Waals surface area contributed by atoms with Gasteiger partial charge in [0.25, 0.3) is 0 Å². The highest BCUT2D eigenvalue weighted by Gasteiger charge is 2.23. The molecule has 0 radical (unpaired) electrons. The molecule has 0 aliphatic heterocycles. The highest BCUT2D eigenvalue weighted by Crippen LogP contribution is 2.02.